The molecule has 3 nitrogen and oxygen atoms in total. The number of Topliss-reactive ketones (excluding diaryl/α,β-unsaturated/α-hetero) is 1. The van der Waals surface area contributed by atoms with Crippen LogP contribution < -0.4 is 0 Å². The molecule has 3 unspecified atom stereocenters. The topological polar surface area (TPSA) is 35.5 Å². The van der Waals surface area contributed by atoms with E-state index in [0.29, 0.717) is 25.2 Å². The summed E-state index contributed by atoms with van der Waals surface area (Å²) >= 11 is 1.79. The zero-order valence-corrected chi connectivity index (χ0v) is 19.3. The fourth-order valence-electron chi connectivity index (χ4n) is 3.02. The Morgan fingerprint density at radius 2 is 1.89 bits per heavy atom. The molecular formula is C22H34O3SSi. The molecule has 0 heterocycles. The molecule has 1 saturated carbocycles. The van der Waals surface area contributed by atoms with Gasteiger partial charge in [-0.15, -0.1) is 11.8 Å². The standard InChI is InChI=1S/C22H34O3SSi/c1-7-24-14-13-21(26-18-11-9-8-10-12-18)19-15-17(23)16-20(19)25-27(5,6)22(2,3)4/h8-14,19-21H,7,15-16H2,1-6H3. The molecule has 0 radical (unpaired) electrons. The van der Waals surface area contributed by atoms with E-state index in [-0.39, 0.29) is 22.3 Å². The molecule has 0 spiro atoms. The first kappa shape index (κ1) is 22.2. The molecule has 5 heteroatoms. The summed E-state index contributed by atoms with van der Waals surface area (Å²) in [5.74, 6) is 0.487. The summed E-state index contributed by atoms with van der Waals surface area (Å²) in [7, 11) is -1.93. The van der Waals surface area contributed by atoms with Gasteiger partial charge in [-0.3, -0.25) is 4.79 Å². The van der Waals surface area contributed by atoms with Gasteiger partial charge in [0.25, 0.3) is 0 Å². The maximum absolute atomic E-state index is 12.4. The zero-order valence-electron chi connectivity index (χ0n) is 17.5. The summed E-state index contributed by atoms with van der Waals surface area (Å²) in [6.45, 7) is 13.9. The van der Waals surface area contributed by atoms with Crippen molar-refractivity contribution in [1.82, 2.24) is 0 Å². The number of carbonyl (C=O) groups is 1. The number of thioether (sulfide) groups is 1. The Morgan fingerprint density at radius 1 is 1.22 bits per heavy atom. The van der Waals surface area contributed by atoms with Crippen molar-refractivity contribution in [2.75, 3.05) is 6.61 Å². The van der Waals surface area contributed by atoms with Crippen LogP contribution in [0.25, 0.3) is 0 Å². The van der Waals surface area contributed by atoms with Crippen LogP contribution in [0.2, 0.25) is 18.1 Å². The maximum Gasteiger partial charge on any atom is 0.192 e. The van der Waals surface area contributed by atoms with Gasteiger partial charge < -0.3 is 9.16 Å². The van der Waals surface area contributed by atoms with Gasteiger partial charge in [0.2, 0.25) is 0 Å². The first-order valence-corrected chi connectivity index (χ1v) is 13.6. The van der Waals surface area contributed by atoms with Crippen LogP contribution in [-0.2, 0) is 14.0 Å². The van der Waals surface area contributed by atoms with Crippen LogP contribution >= 0.6 is 11.8 Å². The lowest BCUT2D eigenvalue weighted by molar-refractivity contribution is -0.117. The van der Waals surface area contributed by atoms with E-state index in [1.807, 2.05) is 13.0 Å². The van der Waals surface area contributed by atoms with Crippen molar-refractivity contribution in [3.8, 4) is 0 Å². The fraction of sp³-hybridized carbons (Fsp3) is 0.591. The van der Waals surface area contributed by atoms with Gasteiger partial charge in [0.1, 0.15) is 5.78 Å². The summed E-state index contributed by atoms with van der Waals surface area (Å²) in [4.78, 5) is 13.6. The number of ketones is 1. The number of hydrogen-bond acceptors (Lipinski definition) is 4. The van der Waals surface area contributed by atoms with Gasteiger partial charge in [-0.1, -0.05) is 39.0 Å². The number of benzene rings is 1. The second-order valence-electron chi connectivity index (χ2n) is 8.71. The van der Waals surface area contributed by atoms with Gasteiger partial charge in [-0.05, 0) is 43.3 Å². The van der Waals surface area contributed by atoms with E-state index < -0.39 is 8.32 Å². The molecule has 0 saturated heterocycles. The summed E-state index contributed by atoms with van der Waals surface area (Å²) in [6.07, 6.45) is 5.00. The molecule has 1 aliphatic rings. The highest BCUT2D eigenvalue weighted by Gasteiger charge is 2.45. The lowest BCUT2D eigenvalue weighted by atomic mass is 10.0. The number of hydrogen-bond donors (Lipinski definition) is 0. The summed E-state index contributed by atoms with van der Waals surface area (Å²) in [5, 5.41) is 0.284. The van der Waals surface area contributed by atoms with E-state index in [0.717, 1.165) is 0 Å². The van der Waals surface area contributed by atoms with Gasteiger partial charge in [-0.2, -0.15) is 0 Å². The largest absolute Gasteiger partial charge is 0.502 e. The smallest absolute Gasteiger partial charge is 0.192 e. The van der Waals surface area contributed by atoms with Crippen LogP contribution in [0.4, 0.5) is 0 Å². The average Bonchev–Trinajstić information content (AvgIpc) is 2.93. The number of rotatable bonds is 8. The highest BCUT2D eigenvalue weighted by molar-refractivity contribution is 8.00. The molecule has 0 bridgehead atoms. The average molecular weight is 407 g/mol. The van der Waals surface area contributed by atoms with Crippen molar-refractivity contribution in [1.29, 1.82) is 0 Å². The molecule has 0 amide bonds. The fourth-order valence-corrected chi connectivity index (χ4v) is 5.61. The van der Waals surface area contributed by atoms with E-state index in [2.05, 4.69) is 64.2 Å². The Hall–Kier alpha value is -1.04. The van der Waals surface area contributed by atoms with Crippen LogP contribution in [0.3, 0.4) is 0 Å². The Morgan fingerprint density at radius 3 is 2.48 bits per heavy atom. The minimum Gasteiger partial charge on any atom is -0.502 e. The molecule has 150 valence electrons. The third kappa shape index (κ3) is 6.23. The second kappa shape index (κ2) is 9.44. The molecule has 27 heavy (non-hydrogen) atoms. The van der Waals surface area contributed by atoms with Crippen LogP contribution in [0.5, 0.6) is 0 Å². The van der Waals surface area contributed by atoms with E-state index >= 15 is 0 Å². The van der Waals surface area contributed by atoms with Crippen molar-refractivity contribution >= 4 is 25.9 Å². The Bertz CT molecular complexity index is 637. The minimum absolute atomic E-state index is 0.00844. The molecular weight excluding hydrogens is 372 g/mol. The second-order valence-corrected chi connectivity index (χ2v) is 14.7. The van der Waals surface area contributed by atoms with E-state index in [9.17, 15) is 4.79 Å². The summed E-state index contributed by atoms with van der Waals surface area (Å²) in [5.41, 5.74) is 0. The molecule has 2 rings (SSSR count). The van der Waals surface area contributed by atoms with Gasteiger partial charge in [0.15, 0.2) is 8.32 Å². The Labute approximate surface area is 170 Å². The quantitative estimate of drug-likeness (QED) is 0.298. The minimum atomic E-state index is -1.93. The number of carbonyl (C=O) groups excluding carboxylic acids is 1. The molecule has 0 N–H and O–H groups in total. The lowest BCUT2D eigenvalue weighted by Gasteiger charge is -2.40. The van der Waals surface area contributed by atoms with Crippen molar-refractivity contribution in [3.63, 3.8) is 0 Å². The zero-order chi connectivity index (χ0) is 20.1. The molecule has 1 aliphatic carbocycles. The predicted octanol–water partition coefficient (Wildman–Crippen LogP) is 6.07. The number of ether oxygens (including phenoxy) is 1. The van der Waals surface area contributed by atoms with Crippen LogP contribution in [-0.4, -0.2) is 32.1 Å². The van der Waals surface area contributed by atoms with Gasteiger partial charge in [0, 0.05) is 28.9 Å². The van der Waals surface area contributed by atoms with Gasteiger partial charge in [-0.25, -0.2) is 0 Å². The van der Waals surface area contributed by atoms with Crippen LogP contribution in [0.15, 0.2) is 47.6 Å². The summed E-state index contributed by atoms with van der Waals surface area (Å²) in [6, 6.07) is 10.4. The molecule has 1 aromatic rings. The molecule has 3 atom stereocenters. The maximum atomic E-state index is 12.4. The first-order chi connectivity index (χ1) is 12.6. The van der Waals surface area contributed by atoms with E-state index in [4.69, 9.17) is 9.16 Å². The van der Waals surface area contributed by atoms with Crippen LogP contribution in [0.1, 0.15) is 40.5 Å². The van der Waals surface area contributed by atoms with Crippen LogP contribution in [0, 0.1) is 5.92 Å². The van der Waals surface area contributed by atoms with Gasteiger partial charge >= 0.3 is 0 Å². The van der Waals surface area contributed by atoms with Crippen molar-refractivity contribution in [3.05, 3.63) is 42.7 Å². The monoisotopic (exact) mass is 406 g/mol. The predicted molar refractivity (Wildman–Crippen MR) is 117 cm³/mol. The van der Waals surface area contributed by atoms with E-state index in [1.54, 1.807) is 18.0 Å². The SMILES string of the molecule is CCOC=CC(Sc1ccccc1)C1CC(=O)CC1O[Si](C)(C)C(C)(C)C. The molecule has 0 aromatic heterocycles. The lowest BCUT2D eigenvalue weighted by Crippen LogP contribution is -2.45. The molecule has 1 aromatic carbocycles. The van der Waals surface area contributed by atoms with Crippen molar-refractivity contribution in [2.24, 2.45) is 5.92 Å². The highest BCUT2D eigenvalue weighted by atomic mass is 32.2. The molecule has 0 aliphatic heterocycles. The Kier molecular flexibility index (Phi) is 7.78. The molecule has 1 fully saturated rings. The van der Waals surface area contributed by atoms with E-state index in [1.165, 1.54) is 4.90 Å². The van der Waals surface area contributed by atoms with Crippen molar-refractivity contribution in [2.45, 2.75) is 74.9 Å². The summed E-state index contributed by atoms with van der Waals surface area (Å²) < 4.78 is 12.2. The van der Waals surface area contributed by atoms with Crippen molar-refractivity contribution < 1.29 is 14.0 Å². The Balaban J connectivity index is 2.23. The normalized spacial score (nSPS) is 22.4. The van der Waals surface area contributed by atoms with Gasteiger partial charge in [0.05, 0.1) is 19.0 Å². The third-order valence-electron chi connectivity index (χ3n) is 5.59. The third-order valence-corrected chi connectivity index (χ3v) is 11.4. The highest BCUT2D eigenvalue weighted by Crippen LogP contribution is 2.43. The first-order valence-electron chi connectivity index (χ1n) is 9.83.